The number of hydrogen-bond acceptors (Lipinski definition) is 3. The van der Waals surface area contributed by atoms with Crippen molar-refractivity contribution in [2.75, 3.05) is 6.67 Å². The van der Waals surface area contributed by atoms with E-state index in [0.717, 1.165) is 48.3 Å². The molecule has 1 aliphatic heterocycles. The molecule has 3 rings (SSSR count). The van der Waals surface area contributed by atoms with E-state index in [2.05, 4.69) is 12.1 Å². The van der Waals surface area contributed by atoms with E-state index in [0.29, 0.717) is 18.8 Å². The third kappa shape index (κ3) is 4.73. The molecule has 1 N–H and O–H groups in total. The molecule has 0 amide bonds. The second kappa shape index (κ2) is 8.49. The standard InChI is InChI=1S/C20H25ClFNO2/c21-19-6-5-15(20-10-17(24)9-18(11-22)25-20)8-16(19)7-13-1-3-14(12-23)4-2-13/h5-6,8,13-14,17-18,20,24H,1-4,7,9-11H2. The molecule has 2 fully saturated rings. The van der Waals surface area contributed by atoms with Gasteiger partial charge in [0.25, 0.3) is 0 Å². The van der Waals surface area contributed by atoms with Crippen molar-refractivity contribution in [3.63, 3.8) is 0 Å². The molecule has 5 heteroatoms. The highest BCUT2D eigenvalue weighted by atomic mass is 35.5. The summed E-state index contributed by atoms with van der Waals surface area (Å²) < 4.78 is 18.8. The van der Waals surface area contributed by atoms with Gasteiger partial charge in [0.1, 0.15) is 6.67 Å². The summed E-state index contributed by atoms with van der Waals surface area (Å²) in [5.74, 6) is 0.752. The van der Waals surface area contributed by atoms with Crippen LogP contribution in [0, 0.1) is 23.2 Å². The van der Waals surface area contributed by atoms with Gasteiger partial charge in [-0.05, 0) is 55.2 Å². The minimum atomic E-state index is -0.573. The third-order valence-corrected chi connectivity index (χ3v) is 5.90. The van der Waals surface area contributed by atoms with Crippen molar-refractivity contribution in [3.05, 3.63) is 34.3 Å². The minimum Gasteiger partial charge on any atom is -0.393 e. The highest BCUT2D eigenvalue weighted by Gasteiger charge is 2.30. The van der Waals surface area contributed by atoms with Crippen LogP contribution >= 0.6 is 11.6 Å². The number of halogens is 2. The van der Waals surface area contributed by atoms with Crippen LogP contribution in [-0.4, -0.2) is 24.0 Å². The van der Waals surface area contributed by atoms with E-state index in [-0.39, 0.29) is 12.0 Å². The van der Waals surface area contributed by atoms with Crippen LogP contribution in [0.5, 0.6) is 0 Å². The molecule has 1 aliphatic carbocycles. The molecule has 0 spiro atoms. The molecule has 1 aromatic carbocycles. The molecule has 2 aliphatic rings. The molecule has 3 nitrogen and oxygen atoms in total. The van der Waals surface area contributed by atoms with E-state index < -0.39 is 18.9 Å². The van der Waals surface area contributed by atoms with Gasteiger partial charge < -0.3 is 9.84 Å². The number of nitriles is 1. The van der Waals surface area contributed by atoms with Crippen molar-refractivity contribution in [2.45, 2.75) is 63.3 Å². The number of nitrogens with zero attached hydrogens (tertiary/aromatic N) is 1. The molecule has 1 saturated heterocycles. The Balaban J connectivity index is 1.69. The summed E-state index contributed by atoms with van der Waals surface area (Å²) >= 11 is 6.39. The third-order valence-electron chi connectivity index (χ3n) is 5.53. The van der Waals surface area contributed by atoms with Gasteiger partial charge in [0.2, 0.25) is 0 Å². The normalized spacial score (nSPS) is 33.0. The van der Waals surface area contributed by atoms with Crippen LogP contribution in [0.3, 0.4) is 0 Å². The number of hydrogen-bond donors (Lipinski definition) is 1. The Kier molecular flexibility index (Phi) is 6.33. The van der Waals surface area contributed by atoms with Gasteiger partial charge in [-0.25, -0.2) is 4.39 Å². The highest BCUT2D eigenvalue weighted by molar-refractivity contribution is 6.31. The Morgan fingerprint density at radius 1 is 1.24 bits per heavy atom. The summed E-state index contributed by atoms with van der Waals surface area (Å²) in [5, 5.41) is 19.7. The molecule has 1 saturated carbocycles. The first-order valence-corrected chi connectivity index (χ1v) is 9.54. The van der Waals surface area contributed by atoms with E-state index in [4.69, 9.17) is 21.6 Å². The summed E-state index contributed by atoms with van der Waals surface area (Å²) in [6.45, 7) is -0.573. The van der Waals surface area contributed by atoms with E-state index >= 15 is 0 Å². The average Bonchev–Trinajstić information content (AvgIpc) is 2.63. The highest BCUT2D eigenvalue weighted by Crippen LogP contribution is 2.36. The van der Waals surface area contributed by atoms with E-state index in [1.54, 1.807) is 0 Å². The lowest BCUT2D eigenvalue weighted by Crippen LogP contribution is -2.32. The van der Waals surface area contributed by atoms with Gasteiger partial charge >= 0.3 is 0 Å². The van der Waals surface area contributed by atoms with Crippen molar-refractivity contribution < 1.29 is 14.2 Å². The van der Waals surface area contributed by atoms with Crippen molar-refractivity contribution in [2.24, 2.45) is 11.8 Å². The summed E-state index contributed by atoms with van der Waals surface area (Å²) in [6.07, 6.45) is 4.45. The van der Waals surface area contributed by atoms with E-state index in [9.17, 15) is 9.50 Å². The zero-order valence-electron chi connectivity index (χ0n) is 14.3. The Morgan fingerprint density at radius 3 is 2.68 bits per heavy atom. The van der Waals surface area contributed by atoms with Crippen LogP contribution < -0.4 is 0 Å². The molecule has 3 atom stereocenters. The molecule has 1 aromatic rings. The van der Waals surface area contributed by atoms with Crippen LogP contribution in [-0.2, 0) is 11.2 Å². The fraction of sp³-hybridized carbons (Fsp3) is 0.650. The first-order chi connectivity index (χ1) is 12.1. The topological polar surface area (TPSA) is 53.2 Å². The lowest BCUT2D eigenvalue weighted by atomic mass is 9.79. The largest absolute Gasteiger partial charge is 0.393 e. The molecule has 25 heavy (non-hydrogen) atoms. The predicted molar refractivity (Wildman–Crippen MR) is 95.0 cm³/mol. The number of aliphatic hydroxyl groups is 1. The van der Waals surface area contributed by atoms with Crippen LogP contribution in [0.4, 0.5) is 4.39 Å². The molecular weight excluding hydrogens is 341 g/mol. The van der Waals surface area contributed by atoms with Gasteiger partial charge in [0.05, 0.1) is 24.4 Å². The van der Waals surface area contributed by atoms with Gasteiger partial charge in [-0.15, -0.1) is 0 Å². The fourth-order valence-corrected chi connectivity index (χ4v) is 4.26. The van der Waals surface area contributed by atoms with Gasteiger partial charge in [-0.3, -0.25) is 0 Å². The molecule has 0 radical (unpaired) electrons. The van der Waals surface area contributed by atoms with Crippen molar-refractivity contribution >= 4 is 11.6 Å². The minimum absolute atomic E-state index is 0.202. The number of rotatable bonds is 4. The first kappa shape index (κ1) is 18.6. The van der Waals surface area contributed by atoms with Crippen LogP contribution in [0.1, 0.15) is 55.8 Å². The Labute approximate surface area is 153 Å². The van der Waals surface area contributed by atoms with Crippen molar-refractivity contribution in [1.82, 2.24) is 0 Å². The van der Waals surface area contributed by atoms with E-state index in [1.807, 2.05) is 12.1 Å². The van der Waals surface area contributed by atoms with Crippen LogP contribution in [0.15, 0.2) is 18.2 Å². The fourth-order valence-electron chi connectivity index (χ4n) is 4.06. The average molecular weight is 366 g/mol. The second-order valence-electron chi connectivity index (χ2n) is 7.43. The smallest absolute Gasteiger partial charge is 0.116 e. The SMILES string of the molecule is N#CC1CCC(Cc2cc(C3CC(O)CC(CF)O3)ccc2Cl)CC1. The molecule has 0 aromatic heterocycles. The zero-order chi connectivity index (χ0) is 17.8. The zero-order valence-corrected chi connectivity index (χ0v) is 15.1. The molecule has 0 bridgehead atoms. The number of aliphatic hydroxyl groups excluding tert-OH is 1. The maximum absolute atomic E-state index is 13.0. The first-order valence-electron chi connectivity index (χ1n) is 9.16. The maximum atomic E-state index is 13.0. The lowest BCUT2D eigenvalue weighted by Gasteiger charge is -2.32. The maximum Gasteiger partial charge on any atom is 0.116 e. The summed E-state index contributed by atoms with van der Waals surface area (Å²) in [7, 11) is 0. The van der Waals surface area contributed by atoms with Crippen LogP contribution in [0.2, 0.25) is 5.02 Å². The van der Waals surface area contributed by atoms with Crippen LogP contribution in [0.25, 0.3) is 0 Å². The Hall–Kier alpha value is -1.15. The number of alkyl halides is 1. The van der Waals surface area contributed by atoms with Gasteiger partial charge in [-0.1, -0.05) is 23.7 Å². The van der Waals surface area contributed by atoms with Gasteiger partial charge in [-0.2, -0.15) is 5.26 Å². The summed E-state index contributed by atoms with van der Waals surface area (Å²) in [6, 6.07) is 8.21. The quantitative estimate of drug-likeness (QED) is 0.836. The summed E-state index contributed by atoms with van der Waals surface area (Å²) in [4.78, 5) is 0. The van der Waals surface area contributed by atoms with E-state index in [1.165, 1.54) is 0 Å². The molecule has 3 unspecified atom stereocenters. The van der Waals surface area contributed by atoms with Gasteiger partial charge in [0, 0.05) is 23.8 Å². The lowest BCUT2D eigenvalue weighted by molar-refractivity contribution is -0.104. The van der Waals surface area contributed by atoms with Crippen molar-refractivity contribution in [1.29, 1.82) is 5.26 Å². The van der Waals surface area contributed by atoms with Gasteiger partial charge in [0.15, 0.2) is 0 Å². The predicted octanol–water partition coefficient (Wildman–Crippen LogP) is 4.76. The number of benzene rings is 1. The Bertz CT molecular complexity index is 625. The molecule has 136 valence electrons. The molecule has 1 heterocycles. The summed E-state index contributed by atoms with van der Waals surface area (Å²) in [5.41, 5.74) is 2.04. The monoisotopic (exact) mass is 365 g/mol. The Morgan fingerprint density at radius 2 is 2.00 bits per heavy atom. The second-order valence-corrected chi connectivity index (χ2v) is 7.84. The number of ether oxygens (including phenoxy) is 1. The van der Waals surface area contributed by atoms with Crippen molar-refractivity contribution in [3.8, 4) is 6.07 Å². The molecular formula is C20H25ClFNO2.